The van der Waals surface area contributed by atoms with Crippen LogP contribution in [0.1, 0.15) is 33.1 Å². The number of carboxylic acid groups (broad SMARTS) is 1. The van der Waals surface area contributed by atoms with E-state index in [1.54, 1.807) is 0 Å². The molecule has 0 unspecified atom stereocenters. The second kappa shape index (κ2) is 6.21. The monoisotopic (exact) mass is 229 g/mol. The van der Waals surface area contributed by atoms with Crippen LogP contribution in [0.5, 0.6) is 0 Å². The molecule has 0 radical (unpaired) electrons. The van der Waals surface area contributed by atoms with Crippen LogP contribution in [-0.4, -0.2) is 48.8 Å². The summed E-state index contributed by atoms with van der Waals surface area (Å²) in [4.78, 5) is 13.3. The molecule has 1 saturated heterocycles. The van der Waals surface area contributed by atoms with Gasteiger partial charge in [-0.2, -0.15) is 0 Å². The van der Waals surface area contributed by atoms with E-state index in [4.69, 9.17) is 9.84 Å². The number of rotatable bonds is 6. The molecule has 0 amide bonds. The lowest BCUT2D eigenvalue weighted by Crippen LogP contribution is -2.43. The summed E-state index contributed by atoms with van der Waals surface area (Å²) < 4.78 is 5.43. The predicted molar refractivity (Wildman–Crippen MR) is 62.5 cm³/mol. The van der Waals surface area contributed by atoms with E-state index in [-0.39, 0.29) is 0 Å². The first kappa shape index (κ1) is 13.5. The molecule has 0 aliphatic carbocycles. The number of carboxylic acids is 1. The van der Waals surface area contributed by atoms with Crippen LogP contribution in [0.15, 0.2) is 0 Å². The molecule has 4 heteroatoms. The average Bonchev–Trinajstić information content (AvgIpc) is 2.27. The highest BCUT2D eigenvalue weighted by Crippen LogP contribution is 2.30. The molecule has 1 aliphatic rings. The van der Waals surface area contributed by atoms with Gasteiger partial charge in [0.15, 0.2) is 0 Å². The molecule has 1 rings (SSSR count). The lowest BCUT2D eigenvalue weighted by atomic mass is 9.80. The fourth-order valence-corrected chi connectivity index (χ4v) is 1.92. The molecule has 0 spiro atoms. The first-order chi connectivity index (χ1) is 7.58. The van der Waals surface area contributed by atoms with Gasteiger partial charge in [0.2, 0.25) is 0 Å². The second-order valence-corrected chi connectivity index (χ2v) is 4.82. The quantitative estimate of drug-likeness (QED) is 0.703. The van der Waals surface area contributed by atoms with E-state index in [1.165, 1.54) is 0 Å². The Morgan fingerprint density at radius 3 is 2.50 bits per heavy atom. The summed E-state index contributed by atoms with van der Waals surface area (Å²) in [5.41, 5.74) is -0.513. The third-order valence-electron chi connectivity index (χ3n) is 3.38. The number of hydrogen-bond donors (Lipinski definition) is 1. The number of hydrogen-bond acceptors (Lipinski definition) is 3. The van der Waals surface area contributed by atoms with Gasteiger partial charge in [-0.3, -0.25) is 4.79 Å². The molecule has 0 aromatic rings. The van der Waals surface area contributed by atoms with Crippen molar-refractivity contribution in [2.45, 2.75) is 33.1 Å². The van der Waals surface area contributed by atoms with Crippen LogP contribution < -0.4 is 0 Å². The maximum Gasteiger partial charge on any atom is 0.309 e. The van der Waals surface area contributed by atoms with Gasteiger partial charge < -0.3 is 14.7 Å². The van der Waals surface area contributed by atoms with E-state index in [1.807, 2.05) is 6.92 Å². The Bertz CT molecular complexity index is 222. The van der Waals surface area contributed by atoms with Gasteiger partial charge in [0.1, 0.15) is 0 Å². The standard InChI is InChI=1S/C12H23NO3/c1-3-9-16-10-8-13-6-4-12(2,5-7-13)11(14)15/h3-10H2,1-2H3,(H,14,15). The number of aliphatic carboxylic acids is 1. The zero-order valence-corrected chi connectivity index (χ0v) is 10.4. The largest absolute Gasteiger partial charge is 0.481 e. The predicted octanol–water partition coefficient (Wildman–Crippen LogP) is 1.60. The summed E-state index contributed by atoms with van der Waals surface area (Å²) in [6, 6.07) is 0. The topological polar surface area (TPSA) is 49.8 Å². The molecule has 0 aromatic heterocycles. The molecule has 0 saturated carbocycles. The van der Waals surface area contributed by atoms with E-state index in [0.29, 0.717) is 0 Å². The summed E-state index contributed by atoms with van der Waals surface area (Å²) in [6.07, 6.45) is 2.54. The zero-order valence-electron chi connectivity index (χ0n) is 10.4. The Kier molecular flexibility index (Phi) is 5.22. The Labute approximate surface area is 97.6 Å². The van der Waals surface area contributed by atoms with Crippen LogP contribution in [0.4, 0.5) is 0 Å². The number of piperidine rings is 1. The molecular weight excluding hydrogens is 206 g/mol. The molecule has 4 nitrogen and oxygen atoms in total. The molecule has 0 aromatic carbocycles. The van der Waals surface area contributed by atoms with Crippen molar-refractivity contribution in [3.8, 4) is 0 Å². The van der Waals surface area contributed by atoms with Crippen molar-refractivity contribution in [1.82, 2.24) is 4.90 Å². The summed E-state index contributed by atoms with van der Waals surface area (Å²) in [5.74, 6) is -0.658. The summed E-state index contributed by atoms with van der Waals surface area (Å²) in [6.45, 7) is 8.20. The highest BCUT2D eigenvalue weighted by Gasteiger charge is 2.36. The number of likely N-dealkylation sites (tertiary alicyclic amines) is 1. The molecular formula is C12H23NO3. The van der Waals surface area contributed by atoms with E-state index < -0.39 is 11.4 Å². The minimum atomic E-state index is -0.658. The van der Waals surface area contributed by atoms with Gasteiger partial charge in [0.25, 0.3) is 0 Å². The van der Waals surface area contributed by atoms with Gasteiger partial charge in [-0.1, -0.05) is 6.92 Å². The van der Waals surface area contributed by atoms with E-state index in [2.05, 4.69) is 11.8 Å². The van der Waals surface area contributed by atoms with Crippen LogP contribution >= 0.6 is 0 Å². The highest BCUT2D eigenvalue weighted by molar-refractivity contribution is 5.74. The maximum atomic E-state index is 11.0. The normalized spacial score (nSPS) is 20.9. The minimum absolute atomic E-state index is 0.513. The van der Waals surface area contributed by atoms with Gasteiger partial charge in [-0.25, -0.2) is 0 Å². The number of carbonyl (C=O) groups is 1. The summed E-state index contributed by atoms with van der Waals surface area (Å²) >= 11 is 0. The summed E-state index contributed by atoms with van der Waals surface area (Å²) in [7, 11) is 0. The Morgan fingerprint density at radius 2 is 2.00 bits per heavy atom. The van der Waals surface area contributed by atoms with Crippen LogP contribution in [0, 0.1) is 5.41 Å². The highest BCUT2D eigenvalue weighted by atomic mass is 16.5. The summed E-state index contributed by atoms with van der Waals surface area (Å²) in [5, 5.41) is 9.09. The molecule has 16 heavy (non-hydrogen) atoms. The van der Waals surface area contributed by atoms with Gasteiger partial charge in [-0.15, -0.1) is 0 Å². The van der Waals surface area contributed by atoms with Crippen molar-refractivity contribution in [3.63, 3.8) is 0 Å². The smallest absolute Gasteiger partial charge is 0.309 e. The van der Waals surface area contributed by atoms with E-state index in [9.17, 15) is 4.79 Å². The van der Waals surface area contributed by atoms with Crippen LogP contribution in [0.25, 0.3) is 0 Å². The maximum absolute atomic E-state index is 11.0. The van der Waals surface area contributed by atoms with Crippen molar-refractivity contribution in [2.75, 3.05) is 32.8 Å². The van der Waals surface area contributed by atoms with Crippen molar-refractivity contribution >= 4 is 5.97 Å². The average molecular weight is 229 g/mol. The number of nitrogens with zero attached hydrogens (tertiary/aromatic N) is 1. The Morgan fingerprint density at radius 1 is 1.38 bits per heavy atom. The van der Waals surface area contributed by atoms with Crippen molar-refractivity contribution < 1.29 is 14.6 Å². The fraction of sp³-hybridized carbons (Fsp3) is 0.917. The van der Waals surface area contributed by atoms with Crippen molar-refractivity contribution in [1.29, 1.82) is 0 Å². The molecule has 1 aliphatic heterocycles. The first-order valence-electron chi connectivity index (χ1n) is 6.12. The zero-order chi connectivity index (χ0) is 12.0. The Balaban J connectivity index is 2.19. The van der Waals surface area contributed by atoms with Gasteiger partial charge >= 0.3 is 5.97 Å². The lowest BCUT2D eigenvalue weighted by molar-refractivity contribution is -0.150. The molecule has 0 atom stereocenters. The molecule has 1 N–H and O–H groups in total. The third kappa shape index (κ3) is 3.76. The van der Waals surface area contributed by atoms with Crippen LogP contribution in [0.2, 0.25) is 0 Å². The Hall–Kier alpha value is -0.610. The SMILES string of the molecule is CCCOCCN1CCC(C)(C(=O)O)CC1. The van der Waals surface area contributed by atoms with Crippen LogP contribution in [0.3, 0.4) is 0 Å². The minimum Gasteiger partial charge on any atom is -0.481 e. The van der Waals surface area contributed by atoms with E-state index in [0.717, 1.165) is 52.1 Å². The van der Waals surface area contributed by atoms with E-state index >= 15 is 0 Å². The third-order valence-corrected chi connectivity index (χ3v) is 3.38. The first-order valence-corrected chi connectivity index (χ1v) is 6.12. The molecule has 0 bridgehead atoms. The molecule has 1 heterocycles. The molecule has 94 valence electrons. The van der Waals surface area contributed by atoms with Gasteiger partial charge in [-0.05, 0) is 39.3 Å². The second-order valence-electron chi connectivity index (χ2n) is 4.82. The van der Waals surface area contributed by atoms with Gasteiger partial charge in [0, 0.05) is 13.2 Å². The van der Waals surface area contributed by atoms with Gasteiger partial charge in [0.05, 0.1) is 12.0 Å². The fourth-order valence-electron chi connectivity index (χ4n) is 1.92. The number of ether oxygens (including phenoxy) is 1. The van der Waals surface area contributed by atoms with Crippen molar-refractivity contribution in [2.24, 2.45) is 5.41 Å². The lowest BCUT2D eigenvalue weighted by Gasteiger charge is -2.36. The van der Waals surface area contributed by atoms with Crippen molar-refractivity contribution in [3.05, 3.63) is 0 Å². The van der Waals surface area contributed by atoms with Crippen LogP contribution in [-0.2, 0) is 9.53 Å². The molecule has 1 fully saturated rings.